The van der Waals surface area contributed by atoms with Crippen molar-refractivity contribution in [2.24, 2.45) is 0 Å². The summed E-state index contributed by atoms with van der Waals surface area (Å²) in [6.07, 6.45) is 0.330. The second-order valence-electron chi connectivity index (χ2n) is 5.77. The van der Waals surface area contributed by atoms with E-state index in [1.54, 1.807) is 0 Å². The molecule has 2 rings (SSSR count). The lowest BCUT2D eigenvalue weighted by molar-refractivity contribution is 0.0532. The van der Waals surface area contributed by atoms with Crippen molar-refractivity contribution in [3.05, 3.63) is 29.3 Å². The van der Waals surface area contributed by atoms with Crippen LogP contribution in [0.3, 0.4) is 0 Å². The van der Waals surface area contributed by atoms with Crippen LogP contribution in [-0.4, -0.2) is 31.8 Å². The first-order valence-electron chi connectivity index (χ1n) is 7.25. The van der Waals surface area contributed by atoms with Crippen molar-refractivity contribution >= 4 is 5.69 Å². The van der Waals surface area contributed by atoms with Crippen molar-refractivity contribution in [3.8, 4) is 0 Å². The van der Waals surface area contributed by atoms with E-state index in [0.717, 1.165) is 26.2 Å². The van der Waals surface area contributed by atoms with Gasteiger partial charge in [0.1, 0.15) is 0 Å². The second kappa shape index (κ2) is 6.40. The average molecular weight is 262 g/mol. The first kappa shape index (κ1) is 14.4. The molecule has 0 aromatic heterocycles. The van der Waals surface area contributed by atoms with Gasteiger partial charge in [0, 0.05) is 31.4 Å². The van der Waals surface area contributed by atoms with Gasteiger partial charge < -0.3 is 15.0 Å². The normalized spacial score (nSPS) is 20.1. The van der Waals surface area contributed by atoms with Crippen molar-refractivity contribution in [2.45, 2.75) is 46.4 Å². The van der Waals surface area contributed by atoms with E-state index in [9.17, 15) is 0 Å². The molecule has 1 aromatic rings. The van der Waals surface area contributed by atoms with Crippen LogP contribution in [0.25, 0.3) is 0 Å². The molecule has 3 nitrogen and oxygen atoms in total. The number of morpholine rings is 1. The minimum atomic E-state index is 0.330. The van der Waals surface area contributed by atoms with Crippen LogP contribution in [0.4, 0.5) is 5.69 Å². The molecule has 0 saturated carbocycles. The number of anilines is 1. The second-order valence-corrected chi connectivity index (χ2v) is 5.77. The van der Waals surface area contributed by atoms with Crippen LogP contribution in [-0.2, 0) is 11.3 Å². The number of ether oxygens (including phenoxy) is 1. The number of aryl methyl sites for hydroxylation is 1. The molecule has 1 saturated heterocycles. The van der Waals surface area contributed by atoms with Crippen LogP contribution < -0.4 is 10.2 Å². The minimum Gasteiger partial charge on any atom is -0.375 e. The summed E-state index contributed by atoms with van der Waals surface area (Å²) in [5, 5.41) is 3.48. The predicted molar refractivity (Wildman–Crippen MR) is 80.8 cm³/mol. The summed E-state index contributed by atoms with van der Waals surface area (Å²) in [6.45, 7) is 12.5. The smallest absolute Gasteiger partial charge is 0.0722 e. The summed E-state index contributed by atoms with van der Waals surface area (Å²) in [4.78, 5) is 2.42. The van der Waals surface area contributed by atoms with Gasteiger partial charge in [-0.1, -0.05) is 19.9 Å². The summed E-state index contributed by atoms with van der Waals surface area (Å²) in [7, 11) is 0. The van der Waals surface area contributed by atoms with Gasteiger partial charge in [-0.25, -0.2) is 0 Å². The molecule has 19 heavy (non-hydrogen) atoms. The maximum atomic E-state index is 5.60. The van der Waals surface area contributed by atoms with Crippen LogP contribution in [0, 0.1) is 6.92 Å². The molecule has 0 spiro atoms. The molecular weight excluding hydrogens is 236 g/mol. The zero-order valence-electron chi connectivity index (χ0n) is 12.6. The van der Waals surface area contributed by atoms with Gasteiger partial charge in [0.25, 0.3) is 0 Å². The minimum absolute atomic E-state index is 0.330. The Morgan fingerprint density at radius 2 is 2.21 bits per heavy atom. The van der Waals surface area contributed by atoms with E-state index in [-0.39, 0.29) is 0 Å². The topological polar surface area (TPSA) is 24.5 Å². The van der Waals surface area contributed by atoms with Crippen molar-refractivity contribution < 1.29 is 4.74 Å². The van der Waals surface area contributed by atoms with Gasteiger partial charge in [-0.2, -0.15) is 0 Å². The number of nitrogens with one attached hydrogen (secondary N) is 1. The third kappa shape index (κ3) is 3.95. The van der Waals surface area contributed by atoms with E-state index in [1.165, 1.54) is 16.8 Å². The van der Waals surface area contributed by atoms with Crippen LogP contribution in [0.1, 0.15) is 31.9 Å². The first-order chi connectivity index (χ1) is 9.06. The molecule has 1 aliphatic rings. The third-order valence-electron chi connectivity index (χ3n) is 3.63. The summed E-state index contributed by atoms with van der Waals surface area (Å²) in [5.41, 5.74) is 4.07. The standard InChI is InChI=1S/C16H26N2O/c1-12(2)17-10-15-5-6-16(9-13(15)3)18-7-8-19-14(4)11-18/h5-6,9,12,14,17H,7-8,10-11H2,1-4H3. The Labute approximate surface area is 116 Å². The fourth-order valence-electron chi connectivity index (χ4n) is 2.44. The number of hydrogen-bond acceptors (Lipinski definition) is 3. The Balaban J connectivity index is 2.05. The Bertz CT molecular complexity index is 417. The molecule has 1 aliphatic heterocycles. The zero-order valence-corrected chi connectivity index (χ0v) is 12.6. The molecule has 0 aliphatic carbocycles. The quantitative estimate of drug-likeness (QED) is 0.903. The molecule has 0 radical (unpaired) electrons. The van der Waals surface area contributed by atoms with E-state index in [0.29, 0.717) is 12.1 Å². The van der Waals surface area contributed by atoms with Crippen LogP contribution in [0.5, 0.6) is 0 Å². The predicted octanol–water partition coefficient (Wildman–Crippen LogP) is 2.72. The molecule has 1 heterocycles. The number of benzene rings is 1. The van der Waals surface area contributed by atoms with E-state index < -0.39 is 0 Å². The van der Waals surface area contributed by atoms with Gasteiger partial charge >= 0.3 is 0 Å². The summed E-state index contributed by atoms with van der Waals surface area (Å²) in [5.74, 6) is 0. The summed E-state index contributed by atoms with van der Waals surface area (Å²) in [6, 6.07) is 7.32. The fourth-order valence-corrected chi connectivity index (χ4v) is 2.44. The summed E-state index contributed by atoms with van der Waals surface area (Å²) < 4.78 is 5.60. The largest absolute Gasteiger partial charge is 0.375 e. The Hall–Kier alpha value is -1.06. The summed E-state index contributed by atoms with van der Waals surface area (Å²) >= 11 is 0. The van der Waals surface area contributed by atoms with E-state index in [4.69, 9.17) is 4.74 Å². The molecule has 1 N–H and O–H groups in total. The number of hydrogen-bond donors (Lipinski definition) is 1. The van der Waals surface area contributed by atoms with Crippen molar-refractivity contribution in [1.82, 2.24) is 5.32 Å². The van der Waals surface area contributed by atoms with E-state index in [2.05, 4.69) is 56.1 Å². The van der Waals surface area contributed by atoms with Crippen LogP contribution in [0.15, 0.2) is 18.2 Å². The number of rotatable bonds is 4. The monoisotopic (exact) mass is 262 g/mol. The third-order valence-corrected chi connectivity index (χ3v) is 3.63. The molecule has 1 aromatic carbocycles. The van der Waals surface area contributed by atoms with Gasteiger partial charge in [-0.15, -0.1) is 0 Å². The van der Waals surface area contributed by atoms with Gasteiger partial charge in [0.2, 0.25) is 0 Å². The Morgan fingerprint density at radius 3 is 2.84 bits per heavy atom. The van der Waals surface area contributed by atoms with Gasteiger partial charge in [0.15, 0.2) is 0 Å². The van der Waals surface area contributed by atoms with Gasteiger partial charge in [0.05, 0.1) is 12.7 Å². The Morgan fingerprint density at radius 1 is 1.42 bits per heavy atom. The molecule has 106 valence electrons. The molecule has 1 atom stereocenters. The Kier molecular flexibility index (Phi) is 4.83. The molecule has 0 bridgehead atoms. The maximum absolute atomic E-state index is 5.60. The number of nitrogens with zero attached hydrogens (tertiary/aromatic N) is 1. The van der Waals surface area contributed by atoms with Gasteiger partial charge in [-0.05, 0) is 37.1 Å². The highest BCUT2D eigenvalue weighted by atomic mass is 16.5. The van der Waals surface area contributed by atoms with Crippen molar-refractivity contribution in [3.63, 3.8) is 0 Å². The van der Waals surface area contributed by atoms with Gasteiger partial charge in [-0.3, -0.25) is 0 Å². The van der Waals surface area contributed by atoms with Crippen LogP contribution >= 0.6 is 0 Å². The molecule has 1 unspecified atom stereocenters. The molecule has 3 heteroatoms. The fraction of sp³-hybridized carbons (Fsp3) is 0.625. The molecular formula is C16H26N2O. The lowest BCUT2D eigenvalue weighted by Crippen LogP contribution is -2.41. The highest BCUT2D eigenvalue weighted by Crippen LogP contribution is 2.21. The average Bonchev–Trinajstić information content (AvgIpc) is 2.37. The maximum Gasteiger partial charge on any atom is 0.0722 e. The SMILES string of the molecule is Cc1cc(N2CCOC(C)C2)ccc1CNC(C)C. The zero-order chi connectivity index (χ0) is 13.8. The lowest BCUT2D eigenvalue weighted by Gasteiger charge is -2.33. The first-order valence-corrected chi connectivity index (χ1v) is 7.25. The molecule has 1 fully saturated rings. The lowest BCUT2D eigenvalue weighted by atomic mass is 10.1. The highest BCUT2D eigenvalue weighted by molar-refractivity contribution is 5.51. The van der Waals surface area contributed by atoms with Crippen LogP contribution in [0.2, 0.25) is 0 Å². The molecule has 0 amide bonds. The van der Waals surface area contributed by atoms with Crippen molar-refractivity contribution in [2.75, 3.05) is 24.6 Å². The van der Waals surface area contributed by atoms with E-state index in [1.807, 2.05) is 0 Å². The van der Waals surface area contributed by atoms with E-state index >= 15 is 0 Å². The highest BCUT2D eigenvalue weighted by Gasteiger charge is 2.17. The van der Waals surface area contributed by atoms with Crippen molar-refractivity contribution in [1.29, 1.82) is 0 Å².